The van der Waals surface area contributed by atoms with Crippen molar-refractivity contribution in [2.45, 2.75) is 71.7 Å². The van der Waals surface area contributed by atoms with Crippen LogP contribution in [0.2, 0.25) is 5.15 Å². The van der Waals surface area contributed by atoms with Crippen molar-refractivity contribution in [2.24, 2.45) is 5.41 Å². The molecule has 0 aliphatic carbocycles. The number of benzene rings is 1. The molecule has 16 heteroatoms. The number of nitrogen functional groups attached to an aromatic ring is 1. The molecule has 5 N–H and O–H groups in total. The zero-order valence-electron chi connectivity index (χ0n) is 31.1. The van der Waals surface area contributed by atoms with Crippen LogP contribution in [0.25, 0.3) is 10.4 Å². The number of carbonyl (C=O) groups is 3. The van der Waals surface area contributed by atoms with E-state index in [0.29, 0.717) is 32.0 Å². The molecule has 0 spiro atoms. The summed E-state index contributed by atoms with van der Waals surface area (Å²) >= 11 is 7.63. The van der Waals surface area contributed by atoms with Crippen LogP contribution in [0, 0.1) is 12.3 Å². The van der Waals surface area contributed by atoms with Crippen LogP contribution in [-0.2, 0) is 20.8 Å². The fraction of sp³-hybridized carbons (Fsp3) is 0.447. The molecule has 1 aromatic carbocycles. The molecule has 54 heavy (non-hydrogen) atoms. The first-order valence-corrected chi connectivity index (χ1v) is 19.3. The highest BCUT2D eigenvalue weighted by atomic mass is 35.5. The van der Waals surface area contributed by atoms with Crippen molar-refractivity contribution in [1.82, 2.24) is 35.7 Å². The predicted octanol–water partition coefficient (Wildman–Crippen LogP) is 3.78. The number of nitrogens with zero attached hydrogens (tertiary/aromatic N) is 7. The second kappa shape index (κ2) is 16.2. The van der Waals surface area contributed by atoms with Gasteiger partial charge in [0.1, 0.15) is 17.9 Å². The third kappa shape index (κ3) is 8.91. The van der Waals surface area contributed by atoms with Crippen molar-refractivity contribution in [1.29, 1.82) is 0 Å². The van der Waals surface area contributed by atoms with Crippen molar-refractivity contribution >= 4 is 58.0 Å². The molecule has 3 aromatic heterocycles. The van der Waals surface area contributed by atoms with E-state index in [9.17, 15) is 19.5 Å². The number of aliphatic hydroxyl groups excluding tert-OH is 1. The van der Waals surface area contributed by atoms with Gasteiger partial charge in [-0.15, -0.1) is 21.5 Å². The number of carbonyl (C=O) groups excluding carboxylic acids is 3. The average molecular weight is 775 g/mol. The number of aryl methyl sites for hydroxylation is 1. The molecule has 1 unspecified atom stereocenters. The first-order valence-electron chi connectivity index (χ1n) is 18.0. The van der Waals surface area contributed by atoms with E-state index in [2.05, 4.69) is 40.6 Å². The van der Waals surface area contributed by atoms with Crippen LogP contribution < -0.4 is 26.2 Å². The minimum Gasteiger partial charge on any atom is -0.391 e. The van der Waals surface area contributed by atoms with Crippen LogP contribution in [0.15, 0.2) is 54.2 Å². The normalized spacial score (nSPS) is 18.7. The zero-order chi connectivity index (χ0) is 38.7. The summed E-state index contributed by atoms with van der Waals surface area (Å²) in [5.41, 5.74) is 11.6. The SMILES string of the molecule is Cc1ncsc1-c1ccc([C@@H](C)NC(=O)[C@@H]2C[C@@H](O)CN2C(=O)C(NC(=O)Cc2ccnc(N3CCN(c4cc(Cl)nnc4N)CC3)c2)C(C)(C)C)cc1. The molecule has 5 heterocycles. The maximum Gasteiger partial charge on any atom is 0.246 e. The van der Waals surface area contributed by atoms with E-state index in [4.69, 9.17) is 17.3 Å². The third-order valence-electron chi connectivity index (χ3n) is 9.95. The van der Waals surface area contributed by atoms with Crippen molar-refractivity contribution in [2.75, 3.05) is 48.3 Å². The number of pyridine rings is 1. The second-order valence-corrected chi connectivity index (χ2v) is 16.2. The predicted molar refractivity (Wildman–Crippen MR) is 210 cm³/mol. The van der Waals surface area contributed by atoms with Crippen molar-refractivity contribution in [3.05, 3.63) is 76.1 Å². The van der Waals surface area contributed by atoms with Gasteiger partial charge in [-0.1, -0.05) is 56.6 Å². The van der Waals surface area contributed by atoms with Gasteiger partial charge in [-0.05, 0) is 48.1 Å². The summed E-state index contributed by atoms with van der Waals surface area (Å²) in [5.74, 6) is -0.0512. The topological polar surface area (TPSA) is 183 Å². The Balaban J connectivity index is 1.07. The first-order chi connectivity index (χ1) is 25.7. The van der Waals surface area contributed by atoms with Crippen LogP contribution in [0.3, 0.4) is 0 Å². The average Bonchev–Trinajstić information content (AvgIpc) is 3.76. The van der Waals surface area contributed by atoms with Gasteiger partial charge in [0.25, 0.3) is 0 Å². The number of halogens is 1. The van der Waals surface area contributed by atoms with Gasteiger partial charge in [-0.3, -0.25) is 14.4 Å². The number of amides is 3. The van der Waals surface area contributed by atoms with Crippen molar-refractivity contribution in [3.8, 4) is 10.4 Å². The highest BCUT2D eigenvalue weighted by molar-refractivity contribution is 7.13. The summed E-state index contributed by atoms with van der Waals surface area (Å²) in [4.78, 5) is 57.0. The Kier molecular flexibility index (Phi) is 11.7. The van der Waals surface area contributed by atoms with Gasteiger partial charge < -0.3 is 36.2 Å². The molecule has 0 saturated carbocycles. The summed E-state index contributed by atoms with van der Waals surface area (Å²) in [7, 11) is 0. The molecule has 4 aromatic rings. The number of hydrogen-bond donors (Lipinski definition) is 4. The van der Waals surface area contributed by atoms with Gasteiger partial charge in [-0.25, -0.2) is 9.97 Å². The summed E-state index contributed by atoms with van der Waals surface area (Å²) in [5, 5.41) is 24.6. The molecule has 0 bridgehead atoms. The van der Waals surface area contributed by atoms with Crippen molar-refractivity contribution < 1.29 is 19.5 Å². The molecule has 286 valence electrons. The number of aliphatic hydroxyl groups is 1. The van der Waals surface area contributed by atoms with Gasteiger partial charge in [-0.2, -0.15) is 0 Å². The van der Waals surface area contributed by atoms with Crippen LogP contribution >= 0.6 is 22.9 Å². The molecule has 6 rings (SSSR count). The van der Waals surface area contributed by atoms with E-state index in [-0.39, 0.29) is 42.4 Å². The maximum absolute atomic E-state index is 14.2. The quantitative estimate of drug-likeness (QED) is 0.184. The summed E-state index contributed by atoms with van der Waals surface area (Å²) < 4.78 is 0. The number of nitrogens with two attached hydrogens (primary N) is 1. The molecule has 4 atom stereocenters. The Morgan fingerprint density at radius 1 is 1.02 bits per heavy atom. The molecule has 3 amide bonds. The standard InChI is InChI=1S/C38H47ClN10O4S/c1-22(25-6-8-26(9-7-25)33-23(2)42-21-54-33)43-36(52)29-18-27(50)20-49(29)37(53)34(38(3,4)5)44-32(51)17-24-10-11-41-31(16-24)48-14-12-47(13-15-48)28-19-30(39)45-46-35(28)40/h6-11,16,19,21-22,27,29,34,50H,12-15,17-18,20H2,1-5H3,(H2,40,46)(H,43,52)(H,44,51)/t22-,27-,29+,34?/m1/s1. The smallest absolute Gasteiger partial charge is 0.246 e. The van der Waals surface area contributed by atoms with Crippen LogP contribution in [-0.4, -0.2) is 98.8 Å². The molecular formula is C38H47ClN10O4S. The van der Waals surface area contributed by atoms with E-state index in [0.717, 1.165) is 38.8 Å². The Morgan fingerprint density at radius 3 is 2.39 bits per heavy atom. The summed E-state index contributed by atoms with van der Waals surface area (Å²) in [6.45, 7) is 12.1. The summed E-state index contributed by atoms with van der Waals surface area (Å²) in [6, 6.07) is 11.2. The molecule has 2 fully saturated rings. The number of rotatable bonds is 10. The van der Waals surface area contributed by atoms with E-state index in [1.54, 1.807) is 29.7 Å². The maximum atomic E-state index is 14.2. The Hall–Kier alpha value is -4.86. The third-order valence-corrected chi connectivity index (χ3v) is 11.1. The van der Waals surface area contributed by atoms with E-state index in [1.807, 2.05) is 70.5 Å². The first kappa shape index (κ1) is 38.9. The lowest BCUT2D eigenvalue weighted by atomic mass is 9.85. The molecular weight excluding hydrogens is 728 g/mol. The number of nitrogens with one attached hydrogen (secondary N) is 2. The lowest BCUT2D eigenvalue weighted by molar-refractivity contribution is -0.144. The van der Waals surface area contributed by atoms with Crippen LogP contribution in [0.1, 0.15) is 57.0 Å². The number of likely N-dealkylation sites (tertiary alicyclic amines) is 1. The van der Waals surface area contributed by atoms with Gasteiger partial charge in [0.05, 0.1) is 40.3 Å². The Bertz CT molecular complexity index is 1980. The Labute approximate surface area is 324 Å². The van der Waals surface area contributed by atoms with Crippen molar-refractivity contribution in [3.63, 3.8) is 0 Å². The fourth-order valence-corrected chi connectivity index (χ4v) is 7.91. The number of β-amino-alcohol motifs (C(OH)–C–C–N with tert-alkyl or cyclic N) is 1. The van der Waals surface area contributed by atoms with Crippen LogP contribution in [0.4, 0.5) is 17.3 Å². The van der Waals surface area contributed by atoms with Gasteiger partial charge in [0, 0.05) is 51.4 Å². The minimum absolute atomic E-state index is 0.00503. The van der Waals surface area contributed by atoms with E-state index in [1.165, 1.54) is 4.90 Å². The molecule has 2 aliphatic heterocycles. The monoisotopic (exact) mass is 774 g/mol. The molecule has 0 radical (unpaired) electrons. The highest BCUT2D eigenvalue weighted by Crippen LogP contribution is 2.30. The minimum atomic E-state index is -0.941. The Morgan fingerprint density at radius 2 is 1.72 bits per heavy atom. The molecule has 2 saturated heterocycles. The van der Waals surface area contributed by atoms with E-state index >= 15 is 0 Å². The largest absolute Gasteiger partial charge is 0.391 e. The summed E-state index contributed by atoms with van der Waals surface area (Å²) in [6.07, 6.45) is 0.936. The van der Waals surface area contributed by atoms with Gasteiger partial charge in [0.15, 0.2) is 11.0 Å². The number of anilines is 3. The van der Waals surface area contributed by atoms with E-state index < -0.39 is 29.5 Å². The second-order valence-electron chi connectivity index (χ2n) is 15.0. The lowest BCUT2D eigenvalue weighted by Gasteiger charge is -2.37. The van der Waals surface area contributed by atoms with Gasteiger partial charge in [0.2, 0.25) is 17.7 Å². The lowest BCUT2D eigenvalue weighted by Crippen LogP contribution is -2.58. The van der Waals surface area contributed by atoms with Crippen LogP contribution in [0.5, 0.6) is 0 Å². The number of thiazole rings is 1. The fourth-order valence-electron chi connectivity index (χ4n) is 6.95. The molecule has 2 aliphatic rings. The number of piperazine rings is 1. The number of hydrogen-bond acceptors (Lipinski definition) is 12. The molecule has 14 nitrogen and oxygen atoms in total. The highest BCUT2D eigenvalue weighted by Gasteiger charge is 2.44. The number of aromatic nitrogens is 4. The zero-order valence-corrected chi connectivity index (χ0v) is 32.7. The van der Waals surface area contributed by atoms with Gasteiger partial charge >= 0.3 is 0 Å².